The third-order valence-corrected chi connectivity index (χ3v) is 4.64. The van der Waals surface area contributed by atoms with E-state index in [9.17, 15) is 9.18 Å². The summed E-state index contributed by atoms with van der Waals surface area (Å²) in [5, 5.41) is 0. The SMILES string of the molecule is O=C(C[C@@H]1CCCOC1)N1CCC(Oc2ccccc2F)CC1. The van der Waals surface area contributed by atoms with E-state index in [2.05, 4.69) is 0 Å². The number of rotatable bonds is 4. The Morgan fingerprint density at radius 1 is 1.26 bits per heavy atom. The van der Waals surface area contributed by atoms with Crippen LogP contribution >= 0.6 is 0 Å². The van der Waals surface area contributed by atoms with Gasteiger partial charge in [-0.3, -0.25) is 4.79 Å². The van der Waals surface area contributed by atoms with Gasteiger partial charge in [0.15, 0.2) is 11.6 Å². The Bertz CT molecular complexity index is 523. The van der Waals surface area contributed by atoms with Crippen molar-refractivity contribution in [2.24, 2.45) is 5.92 Å². The number of halogens is 1. The van der Waals surface area contributed by atoms with Gasteiger partial charge >= 0.3 is 0 Å². The summed E-state index contributed by atoms with van der Waals surface area (Å²) in [6, 6.07) is 6.47. The zero-order valence-corrected chi connectivity index (χ0v) is 13.4. The summed E-state index contributed by atoms with van der Waals surface area (Å²) in [4.78, 5) is 14.3. The van der Waals surface area contributed by atoms with Gasteiger partial charge in [-0.25, -0.2) is 4.39 Å². The highest BCUT2D eigenvalue weighted by molar-refractivity contribution is 5.76. The Morgan fingerprint density at radius 2 is 2.04 bits per heavy atom. The van der Waals surface area contributed by atoms with Gasteiger partial charge in [-0.15, -0.1) is 0 Å². The number of benzene rings is 1. The number of hydrogen-bond donors (Lipinski definition) is 0. The van der Waals surface area contributed by atoms with Crippen molar-refractivity contribution in [1.29, 1.82) is 0 Å². The van der Waals surface area contributed by atoms with Gasteiger partial charge in [-0.05, 0) is 30.9 Å². The topological polar surface area (TPSA) is 38.8 Å². The van der Waals surface area contributed by atoms with Crippen LogP contribution in [-0.4, -0.2) is 43.2 Å². The normalized spacial score (nSPS) is 22.8. The quantitative estimate of drug-likeness (QED) is 0.856. The van der Waals surface area contributed by atoms with Crippen LogP contribution in [0.5, 0.6) is 5.75 Å². The van der Waals surface area contributed by atoms with Crippen LogP contribution in [-0.2, 0) is 9.53 Å². The zero-order chi connectivity index (χ0) is 16.1. The Labute approximate surface area is 136 Å². The van der Waals surface area contributed by atoms with Gasteiger partial charge in [0, 0.05) is 45.6 Å². The summed E-state index contributed by atoms with van der Waals surface area (Å²) in [6.45, 7) is 2.90. The molecule has 2 fully saturated rings. The molecule has 3 rings (SSSR count). The number of hydrogen-bond acceptors (Lipinski definition) is 3. The first-order valence-corrected chi connectivity index (χ1v) is 8.49. The molecule has 0 unspecified atom stereocenters. The molecule has 2 heterocycles. The largest absolute Gasteiger partial charge is 0.487 e. The second-order valence-electron chi connectivity index (χ2n) is 6.42. The summed E-state index contributed by atoms with van der Waals surface area (Å²) < 4.78 is 24.8. The number of likely N-dealkylation sites (tertiary alicyclic amines) is 1. The second kappa shape index (κ2) is 7.77. The standard InChI is InChI=1S/C18H24FNO3/c19-16-5-1-2-6-17(16)23-15-7-9-20(10-8-15)18(21)12-14-4-3-11-22-13-14/h1-2,5-6,14-15H,3-4,7-13H2/t14-/m0/s1. The first-order valence-electron chi connectivity index (χ1n) is 8.49. The van der Waals surface area contributed by atoms with Crippen LogP contribution in [0, 0.1) is 11.7 Å². The van der Waals surface area contributed by atoms with Crippen LogP contribution in [0.15, 0.2) is 24.3 Å². The van der Waals surface area contributed by atoms with E-state index in [4.69, 9.17) is 9.47 Å². The van der Waals surface area contributed by atoms with Crippen molar-refractivity contribution in [1.82, 2.24) is 4.90 Å². The number of amides is 1. The molecule has 0 aliphatic carbocycles. The number of carbonyl (C=O) groups excluding carboxylic acids is 1. The molecule has 0 saturated carbocycles. The number of carbonyl (C=O) groups is 1. The molecule has 2 saturated heterocycles. The first-order chi connectivity index (χ1) is 11.2. The smallest absolute Gasteiger partial charge is 0.222 e. The maximum atomic E-state index is 13.6. The van der Waals surface area contributed by atoms with Crippen LogP contribution in [0.25, 0.3) is 0 Å². The molecule has 0 bridgehead atoms. The van der Waals surface area contributed by atoms with Crippen molar-refractivity contribution in [3.63, 3.8) is 0 Å². The fraction of sp³-hybridized carbons (Fsp3) is 0.611. The van der Waals surface area contributed by atoms with Gasteiger partial charge in [-0.1, -0.05) is 12.1 Å². The van der Waals surface area contributed by atoms with Crippen LogP contribution < -0.4 is 4.74 Å². The Kier molecular flexibility index (Phi) is 5.49. The summed E-state index contributed by atoms with van der Waals surface area (Å²) in [6.07, 6.45) is 4.20. The molecule has 1 aromatic rings. The van der Waals surface area contributed by atoms with Gasteiger partial charge in [0.05, 0.1) is 0 Å². The third kappa shape index (κ3) is 4.44. The van der Waals surface area contributed by atoms with E-state index in [-0.39, 0.29) is 17.8 Å². The van der Waals surface area contributed by atoms with Gasteiger partial charge in [0.25, 0.3) is 0 Å². The van der Waals surface area contributed by atoms with Crippen molar-refractivity contribution in [2.75, 3.05) is 26.3 Å². The fourth-order valence-electron chi connectivity index (χ4n) is 3.29. The molecule has 0 radical (unpaired) electrons. The monoisotopic (exact) mass is 321 g/mol. The lowest BCUT2D eigenvalue weighted by molar-refractivity contribution is -0.135. The first kappa shape index (κ1) is 16.2. The minimum atomic E-state index is -0.330. The fourth-order valence-corrected chi connectivity index (χ4v) is 3.29. The van der Waals surface area contributed by atoms with Crippen molar-refractivity contribution in [3.8, 4) is 5.75 Å². The maximum Gasteiger partial charge on any atom is 0.222 e. The van der Waals surface area contributed by atoms with E-state index in [0.717, 1.165) is 32.3 Å². The van der Waals surface area contributed by atoms with Crippen molar-refractivity contribution >= 4 is 5.91 Å². The summed E-state index contributed by atoms with van der Waals surface area (Å²) in [7, 11) is 0. The molecule has 5 heteroatoms. The van der Waals surface area contributed by atoms with Gasteiger partial charge in [-0.2, -0.15) is 0 Å². The highest BCUT2D eigenvalue weighted by Gasteiger charge is 2.26. The molecule has 1 atom stereocenters. The van der Waals surface area contributed by atoms with E-state index in [1.807, 2.05) is 4.90 Å². The van der Waals surface area contributed by atoms with Crippen LogP contribution in [0.2, 0.25) is 0 Å². The highest BCUT2D eigenvalue weighted by Crippen LogP contribution is 2.23. The van der Waals surface area contributed by atoms with Gasteiger partial charge in [0.1, 0.15) is 6.10 Å². The van der Waals surface area contributed by atoms with E-state index in [1.165, 1.54) is 6.07 Å². The maximum absolute atomic E-state index is 13.6. The van der Waals surface area contributed by atoms with Gasteiger partial charge < -0.3 is 14.4 Å². The lowest BCUT2D eigenvalue weighted by Gasteiger charge is -2.33. The van der Waals surface area contributed by atoms with Crippen LogP contribution in [0.4, 0.5) is 4.39 Å². The Morgan fingerprint density at radius 3 is 2.74 bits per heavy atom. The molecule has 23 heavy (non-hydrogen) atoms. The highest BCUT2D eigenvalue weighted by atomic mass is 19.1. The molecule has 1 aromatic carbocycles. The molecule has 2 aliphatic rings. The minimum absolute atomic E-state index is 0.0195. The molecule has 4 nitrogen and oxygen atoms in total. The lowest BCUT2D eigenvalue weighted by Crippen LogP contribution is -2.42. The third-order valence-electron chi connectivity index (χ3n) is 4.64. The average molecular weight is 321 g/mol. The Hall–Kier alpha value is -1.62. The molecule has 126 valence electrons. The zero-order valence-electron chi connectivity index (χ0n) is 13.4. The molecule has 0 spiro atoms. The van der Waals surface area contributed by atoms with E-state index >= 15 is 0 Å². The van der Waals surface area contributed by atoms with Crippen molar-refractivity contribution < 1.29 is 18.7 Å². The Balaban J connectivity index is 1.44. The number of piperidine rings is 1. The van der Waals surface area contributed by atoms with Crippen molar-refractivity contribution in [3.05, 3.63) is 30.1 Å². The summed E-state index contributed by atoms with van der Waals surface area (Å²) in [5.41, 5.74) is 0. The molecule has 0 N–H and O–H groups in total. The average Bonchev–Trinajstić information content (AvgIpc) is 2.58. The molecular weight excluding hydrogens is 297 g/mol. The molecular formula is C18H24FNO3. The molecule has 1 amide bonds. The summed E-state index contributed by atoms with van der Waals surface area (Å²) in [5.74, 6) is 0.549. The van der Waals surface area contributed by atoms with Gasteiger partial charge in [0.2, 0.25) is 5.91 Å². The van der Waals surface area contributed by atoms with Crippen molar-refractivity contribution in [2.45, 2.75) is 38.2 Å². The number of ether oxygens (including phenoxy) is 2. The van der Waals surface area contributed by atoms with E-state index < -0.39 is 0 Å². The second-order valence-corrected chi connectivity index (χ2v) is 6.42. The predicted octanol–water partition coefficient (Wildman–Crippen LogP) is 3.01. The van der Waals surface area contributed by atoms with E-state index in [1.54, 1.807) is 18.2 Å². The lowest BCUT2D eigenvalue weighted by atomic mass is 9.97. The van der Waals surface area contributed by atoms with Crippen LogP contribution in [0.1, 0.15) is 32.1 Å². The number of nitrogens with zero attached hydrogens (tertiary/aromatic N) is 1. The molecule has 0 aromatic heterocycles. The summed E-state index contributed by atoms with van der Waals surface area (Å²) >= 11 is 0. The minimum Gasteiger partial charge on any atom is -0.487 e. The van der Waals surface area contributed by atoms with Crippen LogP contribution in [0.3, 0.4) is 0 Å². The number of para-hydroxylation sites is 1. The predicted molar refractivity (Wildman–Crippen MR) is 84.8 cm³/mol. The molecule has 2 aliphatic heterocycles. The van der Waals surface area contributed by atoms with E-state index in [0.29, 0.717) is 37.8 Å².